The van der Waals surface area contributed by atoms with Gasteiger partial charge < -0.3 is 34.8 Å². The van der Waals surface area contributed by atoms with Crippen LogP contribution in [-0.2, 0) is 36.9 Å². The van der Waals surface area contributed by atoms with Gasteiger partial charge in [0.1, 0.15) is 5.78 Å². The third-order valence-corrected chi connectivity index (χ3v) is 7.81. The molecular weight excluding hydrogens is 520 g/mol. The molecule has 3 atom stereocenters. The van der Waals surface area contributed by atoms with Crippen molar-refractivity contribution in [2.24, 2.45) is 11.8 Å². The summed E-state index contributed by atoms with van der Waals surface area (Å²) in [6.07, 6.45) is 9.72. The summed E-state index contributed by atoms with van der Waals surface area (Å²) in [4.78, 5) is 20.1. The molecule has 41 heavy (non-hydrogen) atoms. The number of aliphatic hydroxyl groups excluding tert-OH is 1. The molecule has 0 amide bonds. The van der Waals surface area contributed by atoms with Gasteiger partial charge in [-0.1, -0.05) is 19.1 Å². The highest BCUT2D eigenvalue weighted by molar-refractivity contribution is 5.82. The van der Waals surface area contributed by atoms with Crippen LogP contribution in [0, 0.1) is 11.8 Å². The van der Waals surface area contributed by atoms with Gasteiger partial charge in [0.2, 0.25) is 0 Å². The minimum absolute atomic E-state index is 0.00999. The van der Waals surface area contributed by atoms with Crippen molar-refractivity contribution in [3.63, 3.8) is 0 Å². The van der Waals surface area contributed by atoms with Crippen molar-refractivity contribution < 1.29 is 29.6 Å². The summed E-state index contributed by atoms with van der Waals surface area (Å²) >= 11 is 0. The Kier molecular flexibility index (Phi) is 10.1. The number of aliphatic hydroxyl groups is 1. The number of ketones is 1. The average molecular weight is 561 g/mol. The zero-order chi connectivity index (χ0) is 29.4. The predicted octanol–water partition coefficient (Wildman–Crippen LogP) is 5.16. The molecule has 2 heterocycles. The third kappa shape index (κ3) is 7.73. The molecular formula is C33H40N2O6. The number of benzene rings is 2. The number of rotatable bonds is 15. The molecule has 0 aliphatic rings. The van der Waals surface area contributed by atoms with Gasteiger partial charge in [0, 0.05) is 37.1 Å². The van der Waals surface area contributed by atoms with Crippen molar-refractivity contribution in [3.05, 3.63) is 95.1 Å². The molecule has 218 valence electrons. The summed E-state index contributed by atoms with van der Waals surface area (Å²) in [7, 11) is 3.00. The van der Waals surface area contributed by atoms with Gasteiger partial charge >= 0.3 is 0 Å². The van der Waals surface area contributed by atoms with E-state index in [2.05, 4.69) is 16.9 Å². The van der Waals surface area contributed by atoms with E-state index in [4.69, 9.17) is 9.47 Å². The molecule has 0 radical (unpaired) electrons. The van der Waals surface area contributed by atoms with E-state index in [1.807, 2.05) is 36.9 Å². The number of hydrogen-bond acceptors (Lipinski definition) is 6. The summed E-state index contributed by atoms with van der Waals surface area (Å²) in [6.45, 7) is 2.09. The summed E-state index contributed by atoms with van der Waals surface area (Å²) in [5.74, 6) is 0.205. The molecule has 0 saturated heterocycles. The van der Waals surface area contributed by atoms with Crippen LogP contribution in [0.2, 0.25) is 0 Å². The Morgan fingerprint density at radius 3 is 1.98 bits per heavy atom. The predicted molar refractivity (Wildman–Crippen MR) is 158 cm³/mol. The Balaban J connectivity index is 1.57. The van der Waals surface area contributed by atoms with Crippen LogP contribution in [0.4, 0.5) is 0 Å². The van der Waals surface area contributed by atoms with Crippen LogP contribution < -0.4 is 9.47 Å². The first-order valence-electron chi connectivity index (χ1n) is 14.0. The lowest BCUT2D eigenvalue weighted by Crippen LogP contribution is -2.31. The van der Waals surface area contributed by atoms with Gasteiger partial charge in [-0.15, -0.1) is 0 Å². The molecule has 2 aromatic carbocycles. The Morgan fingerprint density at radius 1 is 0.780 bits per heavy atom. The van der Waals surface area contributed by atoms with Crippen LogP contribution in [0.3, 0.4) is 0 Å². The van der Waals surface area contributed by atoms with Crippen LogP contribution in [0.1, 0.15) is 41.2 Å². The van der Waals surface area contributed by atoms with Crippen molar-refractivity contribution in [1.29, 1.82) is 0 Å². The van der Waals surface area contributed by atoms with E-state index in [-0.39, 0.29) is 35.5 Å². The zero-order valence-corrected chi connectivity index (χ0v) is 23.9. The number of aromatic hydroxyl groups is 2. The molecule has 5 N–H and O–H groups in total. The van der Waals surface area contributed by atoms with E-state index in [0.717, 1.165) is 28.7 Å². The summed E-state index contributed by atoms with van der Waals surface area (Å²) in [6, 6.07) is 12.3. The molecule has 0 aliphatic heterocycles. The molecule has 8 heteroatoms. The second-order valence-corrected chi connectivity index (χ2v) is 10.6. The van der Waals surface area contributed by atoms with E-state index < -0.39 is 6.10 Å². The maximum absolute atomic E-state index is 13.9. The lowest BCUT2D eigenvalue weighted by atomic mass is 9.82. The molecule has 4 aromatic rings. The summed E-state index contributed by atoms with van der Waals surface area (Å²) < 4.78 is 10.6. The summed E-state index contributed by atoms with van der Waals surface area (Å²) in [5, 5.41) is 31.6. The number of phenolic OH excluding ortho intramolecular Hbond substituents is 2. The normalized spacial score (nSPS) is 13.5. The van der Waals surface area contributed by atoms with Crippen molar-refractivity contribution >= 4 is 5.78 Å². The second kappa shape index (κ2) is 13.9. The lowest BCUT2D eigenvalue weighted by molar-refractivity contribution is -0.125. The van der Waals surface area contributed by atoms with Crippen molar-refractivity contribution in [2.45, 2.75) is 51.6 Å². The number of H-pyrrole nitrogens is 2. The number of phenols is 2. The molecule has 8 nitrogen and oxygen atoms in total. The van der Waals surface area contributed by atoms with Crippen LogP contribution in [0.5, 0.6) is 23.0 Å². The monoisotopic (exact) mass is 560 g/mol. The van der Waals surface area contributed by atoms with Gasteiger partial charge in [0.25, 0.3) is 0 Å². The van der Waals surface area contributed by atoms with Gasteiger partial charge in [-0.3, -0.25) is 4.79 Å². The first kappa shape index (κ1) is 29.8. The topological polar surface area (TPSA) is 128 Å². The number of carbonyl (C=O) groups excluding carboxylic acids is 1. The number of aryl methyl sites for hydroxylation is 1. The molecule has 0 spiro atoms. The number of carbonyl (C=O) groups is 1. The van der Waals surface area contributed by atoms with E-state index in [9.17, 15) is 20.1 Å². The average Bonchev–Trinajstić information content (AvgIpc) is 3.66. The largest absolute Gasteiger partial charge is 0.504 e. The molecule has 0 aliphatic carbocycles. The van der Waals surface area contributed by atoms with Crippen LogP contribution >= 0.6 is 0 Å². The number of methoxy groups -OCH3 is 2. The number of aromatic nitrogens is 2. The van der Waals surface area contributed by atoms with Crippen LogP contribution in [0.25, 0.3) is 0 Å². The lowest BCUT2D eigenvalue weighted by Gasteiger charge is -2.25. The van der Waals surface area contributed by atoms with Crippen LogP contribution in [-0.4, -0.2) is 51.4 Å². The number of aromatic amines is 2. The Bertz CT molecular complexity index is 1410. The van der Waals surface area contributed by atoms with Crippen molar-refractivity contribution in [1.82, 2.24) is 9.97 Å². The highest BCUT2D eigenvalue weighted by atomic mass is 16.5. The molecule has 0 bridgehead atoms. The Labute approximate surface area is 241 Å². The highest BCUT2D eigenvalue weighted by Crippen LogP contribution is 2.31. The number of ether oxygens (including phenoxy) is 2. The fraction of sp³-hybridized carbons (Fsp3) is 0.364. The standard InChI is InChI=1S/C33H40N2O6/c1-4-24-19-35-20-27(24)16-26(12-22-6-8-29(37)33(15-22)41-3)31(39)17-30(38)25(13-23-9-10-34-18-23)11-21-5-7-28(36)32(14-21)40-2/h5-10,14-15,18-20,25-26,30,34-38H,4,11-13,16-17H2,1-3H3/t25-,26+,30+/m0/s1. The van der Waals surface area contributed by atoms with E-state index in [0.29, 0.717) is 37.2 Å². The maximum atomic E-state index is 13.9. The quantitative estimate of drug-likeness (QED) is 0.137. The fourth-order valence-corrected chi connectivity index (χ4v) is 5.47. The Hall–Kier alpha value is -4.17. The molecule has 4 rings (SSSR count). The Morgan fingerprint density at radius 2 is 1.39 bits per heavy atom. The van der Waals surface area contributed by atoms with Crippen LogP contribution in [0.15, 0.2) is 67.3 Å². The smallest absolute Gasteiger partial charge is 0.160 e. The van der Waals surface area contributed by atoms with E-state index >= 15 is 0 Å². The second-order valence-electron chi connectivity index (χ2n) is 10.6. The molecule has 0 saturated carbocycles. The van der Waals surface area contributed by atoms with Gasteiger partial charge in [0.05, 0.1) is 20.3 Å². The van der Waals surface area contributed by atoms with Gasteiger partial charge in [-0.05, 0) is 96.2 Å². The zero-order valence-electron chi connectivity index (χ0n) is 23.9. The first-order valence-corrected chi connectivity index (χ1v) is 14.0. The van der Waals surface area contributed by atoms with Gasteiger partial charge in [0.15, 0.2) is 23.0 Å². The molecule has 0 fully saturated rings. The van der Waals surface area contributed by atoms with Gasteiger partial charge in [-0.25, -0.2) is 0 Å². The number of Topliss-reactive ketones (excluding diaryl/α,β-unsaturated/α-hetero) is 1. The summed E-state index contributed by atoms with van der Waals surface area (Å²) in [5.41, 5.74) is 5.07. The van der Waals surface area contributed by atoms with Crippen molar-refractivity contribution in [3.8, 4) is 23.0 Å². The van der Waals surface area contributed by atoms with Gasteiger partial charge in [-0.2, -0.15) is 0 Å². The maximum Gasteiger partial charge on any atom is 0.160 e. The molecule has 0 unspecified atom stereocenters. The van der Waals surface area contributed by atoms with Crippen molar-refractivity contribution in [2.75, 3.05) is 14.2 Å². The minimum atomic E-state index is -0.883. The molecule has 2 aromatic heterocycles. The minimum Gasteiger partial charge on any atom is -0.504 e. The fourth-order valence-electron chi connectivity index (χ4n) is 5.47. The van der Waals surface area contributed by atoms with E-state index in [1.54, 1.807) is 30.3 Å². The first-order chi connectivity index (χ1) is 19.8. The number of nitrogens with one attached hydrogen (secondary N) is 2. The SMILES string of the molecule is CCc1c[nH]cc1C[C@@H](Cc1ccc(O)c(OC)c1)C(=O)C[C@@H](O)[C@H](Cc1cc[nH]c1)Cc1ccc(O)c(OC)c1. The van der Waals surface area contributed by atoms with E-state index in [1.165, 1.54) is 19.8 Å². The highest BCUT2D eigenvalue weighted by Gasteiger charge is 2.28. The third-order valence-electron chi connectivity index (χ3n) is 7.81. The number of hydrogen-bond donors (Lipinski definition) is 5.